The molecule has 0 aliphatic carbocycles. The van der Waals surface area contributed by atoms with Gasteiger partial charge in [0.25, 0.3) is 0 Å². The van der Waals surface area contributed by atoms with Crippen molar-refractivity contribution in [3.05, 3.63) is 105 Å². The minimum absolute atomic E-state index is 0.290. The SMILES string of the molecule is CCOc1cc([C@H](C[N+](=O)[O-])Sc2nnc(C)n2-c2ccccc2)ccc1OCc1ccc(Cl)cc1. The van der Waals surface area contributed by atoms with Crippen LogP contribution in [0.3, 0.4) is 0 Å². The fourth-order valence-corrected chi connectivity index (χ4v) is 4.91. The highest BCUT2D eigenvalue weighted by atomic mass is 35.5. The fourth-order valence-electron chi connectivity index (χ4n) is 3.62. The Hall–Kier alpha value is -3.56. The maximum absolute atomic E-state index is 11.6. The largest absolute Gasteiger partial charge is 0.490 e. The number of halogens is 1. The van der Waals surface area contributed by atoms with Crippen molar-refractivity contribution in [1.82, 2.24) is 14.8 Å². The van der Waals surface area contributed by atoms with Crippen molar-refractivity contribution < 1.29 is 14.4 Å². The Morgan fingerprint density at radius 2 is 1.78 bits per heavy atom. The highest BCUT2D eigenvalue weighted by Gasteiger charge is 2.25. The quantitative estimate of drug-likeness (QED) is 0.129. The number of ether oxygens (including phenoxy) is 2. The molecular formula is C26H25ClN4O4S. The molecule has 4 aromatic rings. The smallest absolute Gasteiger partial charge is 0.220 e. The van der Waals surface area contributed by atoms with Crippen LogP contribution in [0.2, 0.25) is 5.02 Å². The van der Waals surface area contributed by atoms with Crippen molar-refractivity contribution in [1.29, 1.82) is 0 Å². The first kappa shape index (κ1) is 25.5. The van der Waals surface area contributed by atoms with Gasteiger partial charge in [0.1, 0.15) is 17.7 Å². The summed E-state index contributed by atoms with van der Waals surface area (Å²) >= 11 is 7.26. The first-order chi connectivity index (χ1) is 17.4. The zero-order chi connectivity index (χ0) is 25.5. The zero-order valence-electron chi connectivity index (χ0n) is 19.8. The molecule has 0 saturated heterocycles. The number of hydrogen-bond donors (Lipinski definition) is 0. The normalized spacial score (nSPS) is 11.8. The Balaban J connectivity index is 1.61. The molecule has 0 aliphatic rings. The second-order valence-corrected chi connectivity index (χ2v) is 9.48. The predicted octanol–water partition coefficient (Wildman–Crippen LogP) is 6.32. The van der Waals surface area contributed by atoms with E-state index >= 15 is 0 Å². The summed E-state index contributed by atoms with van der Waals surface area (Å²) in [4.78, 5) is 11.3. The minimum Gasteiger partial charge on any atom is -0.490 e. The summed E-state index contributed by atoms with van der Waals surface area (Å²) in [5.74, 6) is 1.78. The van der Waals surface area contributed by atoms with Crippen molar-refractivity contribution in [2.45, 2.75) is 30.9 Å². The summed E-state index contributed by atoms with van der Waals surface area (Å²) in [6.45, 7) is 4.21. The first-order valence-corrected chi connectivity index (χ1v) is 12.6. The molecule has 0 bridgehead atoms. The van der Waals surface area contributed by atoms with Crippen LogP contribution in [0, 0.1) is 17.0 Å². The second-order valence-electron chi connectivity index (χ2n) is 7.88. The van der Waals surface area contributed by atoms with E-state index in [2.05, 4.69) is 10.2 Å². The van der Waals surface area contributed by atoms with E-state index in [4.69, 9.17) is 21.1 Å². The number of nitrogens with zero attached hydrogens (tertiary/aromatic N) is 4. The lowest BCUT2D eigenvalue weighted by atomic mass is 10.1. The molecule has 0 saturated carbocycles. The van der Waals surface area contributed by atoms with E-state index < -0.39 is 5.25 Å². The molecule has 186 valence electrons. The molecule has 0 aliphatic heterocycles. The third-order valence-corrected chi connectivity index (χ3v) is 6.75. The van der Waals surface area contributed by atoms with Gasteiger partial charge in [-0.3, -0.25) is 14.7 Å². The van der Waals surface area contributed by atoms with Gasteiger partial charge in [0.05, 0.1) is 6.61 Å². The minimum atomic E-state index is -0.518. The van der Waals surface area contributed by atoms with Crippen molar-refractivity contribution in [3.8, 4) is 17.2 Å². The Morgan fingerprint density at radius 1 is 1.03 bits per heavy atom. The summed E-state index contributed by atoms with van der Waals surface area (Å²) < 4.78 is 13.7. The molecule has 0 fully saturated rings. The number of hydrogen-bond acceptors (Lipinski definition) is 7. The van der Waals surface area contributed by atoms with Gasteiger partial charge in [-0.15, -0.1) is 10.2 Å². The van der Waals surface area contributed by atoms with Gasteiger partial charge in [-0.25, -0.2) is 0 Å². The maximum Gasteiger partial charge on any atom is 0.220 e. The lowest BCUT2D eigenvalue weighted by Crippen LogP contribution is -2.11. The van der Waals surface area contributed by atoms with E-state index in [0.29, 0.717) is 40.7 Å². The molecule has 36 heavy (non-hydrogen) atoms. The second kappa shape index (κ2) is 11.9. The van der Waals surface area contributed by atoms with Crippen LogP contribution >= 0.6 is 23.4 Å². The molecular weight excluding hydrogens is 500 g/mol. The van der Waals surface area contributed by atoms with Gasteiger partial charge >= 0.3 is 0 Å². The van der Waals surface area contributed by atoms with Crippen LogP contribution in [0.4, 0.5) is 0 Å². The Bertz CT molecular complexity index is 1320. The molecule has 0 amide bonds. The Kier molecular flexibility index (Phi) is 8.45. The van der Waals surface area contributed by atoms with Crippen LogP contribution in [0.5, 0.6) is 11.5 Å². The van der Waals surface area contributed by atoms with E-state index in [1.165, 1.54) is 11.8 Å². The molecule has 8 nitrogen and oxygen atoms in total. The molecule has 10 heteroatoms. The number of nitro groups is 1. The number of aromatic nitrogens is 3. The number of thioether (sulfide) groups is 1. The molecule has 1 atom stereocenters. The topological polar surface area (TPSA) is 92.3 Å². The standard InChI is InChI=1S/C26H25ClN4O4S/c1-3-34-24-15-20(11-14-23(24)35-17-19-9-12-21(27)13-10-19)25(16-30(32)33)36-26-29-28-18(2)31(26)22-7-5-4-6-8-22/h4-15,25H,3,16-17H2,1-2H3/t25-/m0/s1. The van der Waals surface area contributed by atoms with Gasteiger partial charge in [0.2, 0.25) is 6.54 Å². The summed E-state index contributed by atoms with van der Waals surface area (Å²) in [6, 6.07) is 22.5. The van der Waals surface area contributed by atoms with Crippen LogP contribution in [0.25, 0.3) is 5.69 Å². The van der Waals surface area contributed by atoms with Crippen molar-refractivity contribution in [2.75, 3.05) is 13.2 Å². The van der Waals surface area contributed by atoms with Gasteiger partial charge < -0.3 is 9.47 Å². The molecule has 0 spiro atoms. The molecule has 0 radical (unpaired) electrons. The average Bonchev–Trinajstić information content (AvgIpc) is 3.24. The predicted molar refractivity (Wildman–Crippen MR) is 140 cm³/mol. The fraction of sp³-hybridized carbons (Fsp3) is 0.231. The Labute approximate surface area is 218 Å². The summed E-state index contributed by atoms with van der Waals surface area (Å²) in [7, 11) is 0. The van der Waals surface area contributed by atoms with Crippen molar-refractivity contribution in [3.63, 3.8) is 0 Å². The summed E-state index contributed by atoms with van der Waals surface area (Å²) in [5.41, 5.74) is 2.59. The van der Waals surface area contributed by atoms with Crippen LogP contribution < -0.4 is 9.47 Å². The third kappa shape index (κ3) is 6.35. The highest BCUT2D eigenvalue weighted by molar-refractivity contribution is 7.99. The van der Waals surface area contributed by atoms with Crippen molar-refractivity contribution >= 4 is 23.4 Å². The van der Waals surface area contributed by atoms with Gasteiger partial charge in [-0.05, 0) is 61.4 Å². The summed E-state index contributed by atoms with van der Waals surface area (Å²) in [5, 5.41) is 20.8. The van der Waals surface area contributed by atoms with Crippen LogP contribution in [-0.2, 0) is 6.61 Å². The lowest BCUT2D eigenvalue weighted by Gasteiger charge is -2.17. The maximum atomic E-state index is 11.6. The first-order valence-electron chi connectivity index (χ1n) is 11.3. The van der Waals surface area contributed by atoms with E-state index in [9.17, 15) is 10.1 Å². The monoisotopic (exact) mass is 524 g/mol. The Morgan fingerprint density at radius 3 is 2.47 bits per heavy atom. The number of para-hydroxylation sites is 1. The molecule has 0 N–H and O–H groups in total. The number of benzene rings is 3. The van der Waals surface area contributed by atoms with E-state index in [-0.39, 0.29) is 11.5 Å². The van der Waals surface area contributed by atoms with E-state index in [0.717, 1.165) is 16.8 Å². The number of rotatable bonds is 11. The van der Waals surface area contributed by atoms with E-state index in [1.807, 2.05) is 79.1 Å². The average molecular weight is 525 g/mol. The molecule has 1 heterocycles. The molecule has 1 aromatic heterocycles. The summed E-state index contributed by atoms with van der Waals surface area (Å²) in [6.07, 6.45) is 0. The van der Waals surface area contributed by atoms with E-state index in [1.54, 1.807) is 12.1 Å². The number of aryl methyl sites for hydroxylation is 1. The highest BCUT2D eigenvalue weighted by Crippen LogP contribution is 2.39. The lowest BCUT2D eigenvalue weighted by molar-refractivity contribution is -0.479. The molecule has 3 aromatic carbocycles. The zero-order valence-corrected chi connectivity index (χ0v) is 21.4. The molecule has 4 rings (SSSR count). The van der Waals surface area contributed by atoms with Gasteiger partial charge in [-0.1, -0.05) is 59.8 Å². The van der Waals surface area contributed by atoms with Gasteiger partial charge in [-0.2, -0.15) is 0 Å². The third-order valence-electron chi connectivity index (χ3n) is 5.32. The van der Waals surface area contributed by atoms with Gasteiger partial charge in [0, 0.05) is 15.6 Å². The van der Waals surface area contributed by atoms with Crippen LogP contribution in [0.15, 0.2) is 78.0 Å². The van der Waals surface area contributed by atoms with Gasteiger partial charge in [0.15, 0.2) is 16.7 Å². The van der Waals surface area contributed by atoms with Crippen LogP contribution in [0.1, 0.15) is 29.1 Å². The molecule has 0 unspecified atom stereocenters. The van der Waals surface area contributed by atoms with Crippen LogP contribution in [-0.4, -0.2) is 32.8 Å². The van der Waals surface area contributed by atoms with Crippen molar-refractivity contribution in [2.24, 2.45) is 0 Å².